The maximum Gasteiger partial charge on any atom is 0.0931 e. The molecule has 0 aliphatic rings. The lowest BCUT2D eigenvalue weighted by molar-refractivity contribution is 0.322. The van der Waals surface area contributed by atoms with Gasteiger partial charge < -0.3 is 5.73 Å². The van der Waals surface area contributed by atoms with E-state index in [0.29, 0.717) is 0 Å². The van der Waals surface area contributed by atoms with Crippen molar-refractivity contribution >= 4 is 39.4 Å². The zero-order valence-corrected chi connectivity index (χ0v) is 13.4. The van der Waals surface area contributed by atoms with Crippen LogP contribution in [0.4, 0.5) is 5.69 Å². The van der Waals surface area contributed by atoms with Crippen LogP contribution < -0.4 is 5.73 Å². The third-order valence-electron chi connectivity index (χ3n) is 3.50. The van der Waals surface area contributed by atoms with Gasteiger partial charge in [-0.2, -0.15) is 0 Å². The highest BCUT2D eigenvalue weighted by atomic mass is 35.5. The van der Waals surface area contributed by atoms with Crippen molar-refractivity contribution in [2.45, 2.75) is 13.1 Å². The second-order valence-electron chi connectivity index (χ2n) is 5.28. The molecule has 0 aliphatic carbocycles. The van der Waals surface area contributed by atoms with Gasteiger partial charge in [0.05, 0.1) is 4.34 Å². The third kappa shape index (κ3) is 3.38. The highest BCUT2D eigenvalue weighted by Gasteiger charge is 2.08. The summed E-state index contributed by atoms with van der Waals surface area (Å²) in [5.41, 5.74) is 8.20. The minimum Gasteiger partial charge on any atom is -0.398 e. The van der Waals surface area contributed by atoms with Crippen LogP contribution in [0.3, 0.4) is 0 Å². The summed E-state index contributed by atoms with van der Waals surface area (Å²) >= 11 is 7.60. The fourth-order valence-electron chi connectivity index (χ4n) is 2.49. The molecule has 0 radical (unpaired) electrons. The first-order chi connectivity index (χ1) is 10.1. The zero-order chi connectivity index (χ0) is 14.8. The Hall–Kier alpha value is -1.55. The van der Waals surface area contributed by atoms with E-state index >= 15 is 0 Å². The van der Waals surface area contributed by atoms with Crippen LogP contribution in [0.1, 0.15) is 10.4 Å². The van der Waals surface area contributed by atoms with Crippen molar-refractivity contribution in [1.82, 2.24) is 4.90 Å². The molecule has 0 saturated carbocycles. The molecule has 1 heterocycles. The summed E-state index contributed by atoms with van der Waals surface area (Å²) in [4.78, 5) is 3.52. The van der Waals surface area contributed by atoms with E-state index in [1.54, 1.807) is 11.3 Å². The van der Waals surface area contributed by atoms with E-state index in [-0.39, 0.29) is 0 Å². The summed E-state index contributed by atoms with van der Waals surface area (Å²) in [6.07, 6.45) is 0. The van der Waals surface area contributed by atoms with E-state index in [0.717, 1.165) is 23.1 Å². The minimum absolute atomic E-state index is 0.826. The van der Waals surface area contributed by atoms with Gasteiger partial charge in [-0.05, 0) is 47.6 Å². The Morgan fingerprint density at radius 2 is 1.76 bits per heavy atom. The topological polar surface area (TPSA) is 29.3 Å². The third-order valence-corrected chi connectivity index (χ3v) is 4.72. The Bertz CT molecular complexity index is 766. The molecular weight excluding hydrogens is 300 g/mol. The van der Waals surface area contributed by atoms with Gasteiger partial charge in [0.2, 0.25) is 0 Å². The minimum atomic E-state index is 0.826. The van der Waals surface area contributed by atoms with Gasteiger partial charge in [0, 0.05) is 23.7 Å². The molecular formula is C17H17ClN2S. The van der Waals surface area contributed by atoms with E-state index in [1.807, 2.05) is 12.1 Å². The van der Waals surface area contributed by atoms with Crippen molar-refractivity contribution in [2.75, 3.05) is 12.8 Å². The number of rotatable bonds is 4. The number of hydrogen-bond donors (Lipinski definition) is 1. The van der Waals surface area contributed by atoms with E-state index in [2.05, 4.69) is 48.3 Å². The molecule has 1 aromatic heterocycles. The molecule has 3 aromatic rings. The lowest BCUT2D eigenvalue weighted by Gasteiger charge is -2.17. The molecule has 2 nitrogen and oxygen atoms in total. The molecule has 0 unspecified atom stereocenters. The van der Waals surface area contributed by atoms with Gasteiger partial charge in [0.15, 0.2) is 0 Å². The zero-order valence-electron chi connectivity index (χ0n) is 11.8. The van der Waals surface area contributed by atoms with Gasteiger partial charge in [-0.15, -0.1) is 11.3 Å². The quantitative estimate of drug-likeness (QED) is 0.703. The van der Waals surface area contributed by atoms with Crippen molar-refractivity contribution in [2.24, 2.45) is 0 Å². The predicted octanol–water partition coefficient (Wildman–Crippen LogP) is 4.77. The van der Waals surface area contributed by atoms with Crippen LogP contribution in [0.25, 0.3) is 10.8 Å². The molecule has 0 amide bonds. The average Bonchev–Trinajstić information content (AvgIpc) is 2.85. The second kappa shape index (κ2) is 6.06. The van der Waals surface area contributed by atoms with Crippen molar-refractivity contribution in [3.05, 3.63) is 63.3 Å². The smallest absolute Gasteiger partial charge is 0.0931 e. The Labute approximate surface area is 133 Å². The van der Waals surface area contributed by atoms with Crippen LogP contribution in [-0.2, 0) is 13.1 Å². The molecule has 0 aliphatic heterocycles. The van der Waals surface area contributed by atoms with Crippen molar-refractivity contribution in [1.29, 1.82) is 0 Å². The fourth-order valence-corrected chi connectivity index (χ4v) is 3.66. The van der Waals surface area contributed by atoms with Crippen molar-refractivity contribution < 1.29 is 0 Å². The summed E-state index contributed by atoms with van der Waals surface area (Å²) in [5, 5.41) is 2.42. The van der Waals surface area contributed by atoms with E-state index in [1.165, 1.54) is 21.2 Å². The Morgan fingerprint density at radius 1 is 1.05 bits per heavy atom. The highest BCUT2D eigenvalue weighted by Crippen LogP contribution is 2.25. The van der Waals surface area contributed by atoms with E-state index < -0.39 is 0 Å². The second-order valence-corrected chi connectivity index (χ2v) is 7.08. The molecule has 2 aromatic carbocycles. The molecule has 21 heavy (non-hydrogen) atoms. The number of anilines is 1. The molecule has 3 rings (SSSR count). The fraction of sp³-hybridized carbons (Fsp3) is 0.176. The Morgan fingerprint density at radius 3 is 2.43 bits per heavy atom. The standard InChI is InChI=1S/C17H17ClN2S/c1-20(11-15-6-7-17(18)21-15)10-14-8-12-4-2-3-5-13(12)9-16(14)19/h2-9H,10-11,19H2,1H3. The number of hydrogen-bond acceptors (Lipinski definition) is 3. The first-order valence-corrected chi connectivity index (χ1v) is 8.01. The normalized spacial score (nSPS) is 11.4. The first kappa shape index (κ1) is 14.4. The van der Waals surface area contributed by atoms with Gasteiger partial charge in [0.1, 0.15) is 0 Å². The molecule has 0 saturated heterocycles. The number of thiophene rings is 1. The molecule has 108 valence electrons. The van der Waals surface area contributed by atoms with Crippen LogP contribution in [-0.4, -0.2) is 11.9 Å². The maximum atomic E-state index is 6.19. The summed E-state index contributed by atoms with van der Waals surface area (Å²) in [7, 11) is 2.10. The molecule has 0 bridgehead atoms. The van der Waals surface area contributed by atoms with Crippen LogP contribution in [0.5, 0.6) is 0 Å². The highest BCUT2D eigenvalue weighted by molar-refractivity contribution is 7.16. The molecule has 4 heteroatoms. The van der Waals surface area contributed by atoms with Crippen LogP contribution >= 0.6 is 22.9 Å². The Balaban J connectivity index is 1.79. The summed E-state index contributed by atoms with van der Waals surface area (Å²) < 4.78 is 0.837. The summed E-state index contributed by atoms with van der Waals surface area (Å²) in [5.74, 6) is 0. The SMILES string of the molecule is CN(Cc1ccc(Cl)s1)Cc1cc2ccccc2cc1N. The van der Waals surface area contributed by atoms with Crippen molar-refractivity contribution in [3.63, 3.8) is 0 Å². The van der Waals surface area contributed by atoms with Gasteiger partial charge in [-0.3, -0.25) is 4.90 Å². The van der Waals surface area contributed by atoms with Gasteiger partial charge >= 0.3 is 0 Å². The van der Waals surface area contributed by atoms with Crippen LogP contribution in [0.15, 0.2) is 48.5 Å². The predicted molar refractivity (Wildman–Crippen MR) is 92.9 cm³/mol. The lowest BCUT2D eigenvalue weighted by Crippen LogP contribution is -2.17. The maximum absolute atomic E-state index is 6.19. The number of fused-ring (bicyclic) bond motifs is 1. The van der Waals surface area contributed by atoms with Gasteiger partial charge in [0.25, 0.3) is 0 Å². The number of nitrogens with two attached hydrogens (primary N) is 1. The average molecular weight is 317 g/mol. The number of halogens is 1. The van der Waals surface area contributed by atoms with E-state index in [9.17, 15) is 0 Å². The summed E-state index contributed by atoms with van der Waals surface area (Å²) in [6.45, 7) is 1.70. The van der Waals surface area contributed by atoms with Gasteiger partial charge in [-0.25, -0.2) is 0 Å². The Kier molecular flexibility index (Phi) is 4.15. The molecule has 0 fully saturated rings. The number of nitrogen functional groups attached to an aromatic ring is 1. The molecule has 2 N–H and O–H groups in total. The molecule has 0 atom stereocenters. The van der Waals surface area contributed by atoms with Crippen LogP contribution in [0, 0.1) is 0 Å². The van der Waals surface area contributed by atoms with Crippen LogP contribution in [0.2, 0.25) is 4.34 Å². The monoisotopic (exact) mass is 316 g/mol. The number of nitrogens with zero attached hydrogens (tertiary/aromatic N) is 1. The number of benzene rings is 2. The first-order valence-electron chi connectivity index (χ1n) is 6.82. The summed E-state index contributed by atoms with van der Waals surface area (Å²) in [6, 6.07) is 16.6. The van der Waals surface area contributed by atoms with Gasteiger partial charge in [-0.1, -0.05) is 35.9 Å². The van der Waals surface area contributed by atoms with Crippen molar-refractivity contribution in [3.8, 4) is 0 Å². The van der Waals surface area contributed by atoms with E-state index in [4.69, 9.17) is 17.3 Å². The largest absolute Gasteiger partial charge is 0.398 e. The molecule has 0 spiro atoms. The lowest BCUT2D eigenvalue weighted by atomic mass is 10.0.